The predicted octanol–water partition coefficient (Wildman–Crippen LogP) is 2.79. The van der Waals surface area contributed by atoms with Gasteiger partial charge in [0.05, 0.1) is 11.8 Å². The lowest BCUT2D eigenvalue weighted by Gasteiger charge is -2.11. The van der Waals surface area contributed by atoms with Crippen LogP contribution in [-0.4, -0.2) is 18.4 Å². The van der Waals surface area contributed by atoms with Crippen molar-refractivity contribution < 1.29 is 9.59 Å². The molecule has 0 saturated heterocycles. The van der Waals surface area contributed by atoms with E-state index in [1.54, 1.807) is 0 Å². The third-order valence-electron chi connectivity index (χ3n) is 4.02. The Morgan fingerprint density at radius 3 is 2.38 bits per heavy atom. The summed E-state index contributed by atoms with van der Waals surface area (Å²) in [5, 5.41) is 5.87. The first-order valence-electron chi connectivity index (χ1n) is 7.69. The lowest BCUT2D eigenvalue weighted by Crippen LogP contribution is -2.28. The van der Waals surface area contributed by atoms with Crippen LogP contribution in [0, 0.1) is 25.7 Å². The normalized spacial score (nSPS) is 20.0. The number of aryl methyl sites for hydroxylation is 2. The second-order valence-electron chi connectivity index (χ2n) is 5.85. The number of rotatable bonds is 6. The van der Waals surface area contributed by atoms with E-state index in [0.717, 1.165) is 29.7 Å². The van der Waals surface area contributed by atoms with Gasteiger partial charge in [-0.05, 0) is 37.8 Å². The van der Waals surface area contributed by atoms with Crippen molar-refractivity contribution in [3.05, 3.63) is 29.3 Å². The van der Waals surface area contributed by atoms with Crippen molar-refractivity contribution >= 4 is 17.5 Å². The van der Waals surface area contributed by atoms with Crippen molar-refractivity contribution in [1.29, 1.82) is 0 Å². The number of carbonyl (C=O) groups excluding carboxylic acids is 2. The molecule has 0 radical (unpaired) electrons. The maximum atomic E-state index is 12.2. The Balaban J connectivity index is 1.87. The average Bonchev–Trinajstić information content (AvgIpc) is 3.23. The van der Waals surface area contributed by atoms with E-state index in [9.17, 15) is 9.59 Å². The summed E-state index contributed by atoms with van der Waals surface area (Å²) >= 11 is 0. The quantitative estimate of drug-likeness (QED) is 0.791. The molecule has 1 aliphatic rings. The van der Waals surface area contributed by atoms with Crippen LogP contribution in [0.15, 0.2) is 18.2 Å². The minimum atomic E-state index is -0.175. The number of para-hydroxylation sites is 1. The van der Waals surface area contributed by atoms with E-state index in [4.69, 9.17) is 0 Å². The first-order chi connectivity index (χ1) is 10.0. The number of hydrogen-bond donors (Lipinski definition) is 2. The zero-order valence-electron chi connectivity index (χ0n) is 13.0. The molecule has 21 heavy (non-hydrogen) atoms. The van der Waals surface area contributed by atoms with Gasteiger partial charge >= 0.3 is 0 Å². The molecule has 0 spiro atoms. The van der Waals surface area contributed by atoms with Gasteiger partial charge in [0.2, 0.25) is 11.8 Å². The van der Waals surface area contributed by atoms with E-state index >= 15 is 0 Å². The third kappa shape index (κ3) is 3.84. The fraction of sp³-hybridized carbons (Fsp3) is 0.529. The van der Waals surface area contributed by atoms with Crippen LogP contribution in [0.2, 0.25) is 0 Å². The van der Waals surface area contributed by atoms with Crippen LogP contribution in [-0.2, 0) is 9.59 Å². The Labute approximate surface area is 126 Å². The molecule has 0 aromatic heterocycles. The number of nitrogens with one attached hydrogen (secondary N) is 2. The van der Waals surface area contributed by atoms with Gasteiger partial charge in [-0.1, -0.05) is 31.5 Å². The highest BCUT2D eigenvalue weighted by Gasteiger charge is 2.47. The molecule has 0 aliphatic heterocycles. The van der Waals surface area contributed by atoms with E-state index < -0.39 is 0 Å². The third-order valence-corrected chi connectivity index (χ3v) is 4.02. The molecule has 114 valence electrons. The minimum absolute atomic E-state index is 0.0186. The first kappa shape index (κ1) is 15.5. The summed E-state index contributed by atoms with van der Waals surface area (Å²) in [5.74, 6) is -0.343. The predicted molar refractivity (Wildman–Crippen MR) is 84.1 cm³/mol. The summed E-state index contributed by atoms with van der Waals surface area (Å²) in [7, 11) is 0. The Morgan fingerprint density at radius 1 is 1.14 bits per heavy atom. The summed E-state index contributed by atoms with van der Waals surface area (Å²) in [6.07, 6.45) is 2.70. The standard InChI is InChI=1S/C17H24N2O2/c1-4-5-9-18-16(20)13-10-14(13)17(21)19-15-11(2)7-6-8-12(15)3/h6-8,13-14H,4-5,9-10H2,1-3H3,(H,18,20)(H,19,21). The van der Waals surface area contributed by atoms with E-state index in [1.807, 2.05) is 32.0 Å². The number of benzene rings is 1. The highest BCUT2D eigenvalue weighted by Crippen LogP contribution is 2.39. The van der Waals surface area contributed by atoms with Gasteiger partial charge in [0.1, 0.15) is 0 Å². The highest BCUT2D eigenvalue weighted by atomic mass is 16.2. The lowest BCUT2D eigenvalue weighted by molar-refractivity contribution is -0.125. The molecular weight excluding hydrogens is 264 g/mol. The molecule has 2 unspecified atom stereocenters. The Bertz CT molecular complexity index is 519. The fourth-order valence-corrected chi connectivity index (χ4v) is 2.52. The summed E-state index contributed by atoms with van der Waals surface area (Å²) in [5.41, 5.74) is 2.97. The Hall–Kier alpha value is -1.84. The van der Waals surface area contributed by atoms with Crippen molar-refractivity contribution in [1.82, 2.24) is 5.32 Å². The van der Waals surface area contributed by atoms with Gasteiger partial charge < -0.3 is 10.6 Å². The molecular formula is C17H24N2O2. The maximum Gasteiger partial charge on any atom is 0.228 e. The van der Waals surface area contributed by atoms with Crippen LogP contribution in [0.25, 0.3) is 0 Å². The maximum absolute atomic E-state index is 12.2. The van der Waals surface area contributed by atoms with E-state index in [2.05, 4.69) is 17.6 Å². The molecule has 2 rings (SSSR count). The molecule has 2 amide bonds. The lowest BCUT2D eigenvalue weighted by atomic mass is 10.1. The molecule has 2 atom stereocenters. The van der Waals surface area contributed by atoms with Crippen molar-refractivity contribution in [2.45, 2.75) is 40.0 Å². The van der Waals surface area contributed by atoms with Crippen molar-refractivity contribution in [2.24, 2.45) is 11.8 Å². The number of amides is 2. The Kier molecular flexibility index (Phi) is 4.99. The van der Waals surface area contributed by atoms with Gasteiger partial charge in [-0.3, -0.25) is 9.59 Å². The van der Waals surface area contributed by atoms with Crippen LogP contribution in [0.5, 0.6) is 0 Å². The van der Waals surface area contributed by atoms with Crippen LogP contribution in [0.3, 0.4) is 0 Å². The zero-order valence-corrected chi connectivity index (χ0v) is 13.0. The zero-order chi connectivity index (χ0) is 15.4. The van der Waals surface area contributed by atoms with Gasteiger partial charge in [-0.15, -0.1) is 0 Å². The molecule has 1 aromatic carbocycles. The van der Waals surface area contributed by atoms with E-state index in [-0.39, 0.29) is 23.7 Å². The molecule has 0 bridgehead atoms. The smallest absolute Gasteiger partial charge is 0.228 e. The van der Waals surface area contributed by atoms with Gasteiger partial charge in [0, 0.05) is 12.2 Å². The first-order valence-corrected chi connectivity index (χ1v) is 7.69. The summed E-state index contributed by atoms with van der Waals surface area (Å²) in [6, 6.07) is 5.93. The number of unbranched alkanes of at least 4 members (excludes halogenated alkanes) is 1. The minimum Gasteiger partial charge on any atom is -0.356 e. The van der Waals surface area contributed by atoms with Crippen LogP contribution in [0.4, 0.5) is 5.69 Å². The molecule has 1 aliphatic carbocycles. The summed E-state index contributed by atoms with van der Waals surface area (Å²) in [4.78, 5) is 24.1. The molecule has 1 aromatic rings. The molecule has 1 fully saturated rings. The molecule has 4 heteroatoms. The topological polar surface area (TPSA) is 58.2 Å². The monoisotopic (exact) mass is 288 g/mol. The number of anilines is 1. The van der Waals surface area contributed by atoms with Gasteiger partial charge in [-0.25, -0.2) is 0 Å². The van der Waals surface area contributed by atoms with E-state index in [1.165, 1.54) is 0 Å². The van der Waals surface area contributed by atoms with Crippen LogP contribution in [0.1, 0.15) is 37.3 Å². The second-order valence-corrected chi connectivity index (χ2v) is 5.85. The highest BCUT2D eigenvalue weighted by molar-refractivity contribution is 6.00. The summed E-state index contributed by atoms with van der Waals surface area (Å²) in [6.45, 7) is 6.75. The van der Waals surface area contributed by atoms with Crippen molar-refractivity contribution in [3.8, 4) is 0 Å². The van der Waals surface area contributed by atoms with Gasteiger partial charge in [-0.2, -0.15) is 0 Å². The number of carbonyl (C=O) groups is 2. The second kappa shape index (κ2) is 6.74. The Morgan fingerprint density at radius 2 is 1.76 bits per heavy atom. The van der Waals surface area contributed by atoms with Gasteiger partial charge in [0.15, 0.2) is 0 Å². The number of hydrogen-bond acceptors (Lipinski definition) is 2. The largest absolute Gasteiger partial charge is 0.356 e. The van der Waals surface area contributed by atoms with Gasteiger partial charge in [0.25, 0.3) is 0 Å². The van der Waals surface area contributed by atoms with Crippen molar-refractivity contribution in [3.63, 3.8) is 0 Å². The molecule has 4 nitrogen and oxygen atoms in total. The molecule has 1 saturated carbocycles. The SMILES string of the molecule is CCCCNC(=O)C1CC1C(=O)Nc1c(C)cccc1C. The average molecular weight is 288 g/mol. The van der Waals surface area contributed by atoms with Crippen LogP contribution < -0.4 is 10.6 Å². The molecule has 2 N–H and O–H groups in total. The van der Waals surface area contributed by atoms with Crippen LogP contribution >= 0.6 is 0 Å². The molecule has 0 heterocycles. The van der Waals surface area contributed by atoms with Crippen molar-refractivity contribution in [2.75, 3.05) is 11.9 Å². The van der Waals surface area contributed by atoms with E-state index in [0.29, 0.717) is 13.0 Å². The summed E-state index contributed by atoms with van der Waals surface area (Å²) < 4.78 is 0. The fourth-order valence-electron chi connectivity index (χ4n) is 2.52.